The molecule has 0 bridgehead atoms. The largest absolute Gasteiger partial charge is 0.368 e. The van der Waals surface area contributed by atoms with Crippen molar-refractivity contribution in [3.8, 4) is 0 Å². The van der Waals surface area contributed by atoms with Crippen molar-refractivity contribution < 1.29 is 13.2 Å². The van der Waals surface area contributed by atoms with E-state index >= 15 is 0 Å². The Hall–Kier alpha value is -2.74. The highest BCUT2D eigenvalue weighted by atomic mass is 32.2. The number of nitrogens with zero attached hydrogens (tertiary/aromatic N) is 2. The number of benzene rings is 2. The third-order valence-electron chi connectivity index (χ3n) is 4.81. The van der Waals surface area contributed by atoms with Gasteiger partial charge < -0.3 is 15.1 Å². The molecule has 0 aromatic heterocycles. The van der Waals surface area contributed by atoms with Gasteiger partial charge in [-0.05, 0) is 49.7 Å². The average molecular weight is 403 g/mol. The molecular weight excluding hydrogens is 376 g/mol. The minimum absolute atomic E-state index is 0.0138. The van der Waals surface area contributed by atoms with Gasteiger partial charge in [-0.1, -0.05) is 18.2 Å². The maximum Gasteiger partial charge on any atom is 0.321 e. The van der Waals surface area contributed by atoms with E-state index in [9.17, 15) is 13.2 Å². The van der Waals surface area contributed by atoms with Crippen LogP contribution >= 0.6 is 0 Å². The number of para-hydroxylation sites is 1. The van der Waals surface area contributed by atoms with Crippen LogP contribution in [0.5, 0.6) is 0 Å². The van der Waals surface area contributed by atoms with Crippen molar-refractivity contribution >= 4 is 33.1 Å². The molecule has 150 valence electrons. The van der Waals surface area contributed by atoms with Gasteiger partial charge in [0.1, 0.15) is 0 Å². The summed E-state index contributed by atoms with van der Waals surface area (Å²) in [5.41, 5.74) is 3.09. The molecule has 28 heavy (non-hydrogen) atoms. The van der Waals surface area contributed by atoms with Gasteiger partial charge in [-0.15, -0.1) is 0 Å². The van der Waals surface area contributed by atoms with Crippen LogP contribution in [0, 0.1) is 6.92 Å². The first-order valence-electron chi connectivity index (χ1n) is 9.35. The molecule has 0 atom stereocenters. The van der Waals surface area contributed by atoms with E-state index in [1.54, 1.807) is 30.0 Å². The number of urea groups is 1. The number of rotatable bonds is 5. The first kappa shape index (κ1) is 20.0. The quantitative estimate of drug-likeness (QED) is 0.805. The van der Waals surface area contributed by atoms with Gasteiger partial charge in [0, 0.05) is 37.6 Å². The van der Waals surface area contributed by atoms with E-state index in [2.05, 4.69) is 27.1 Å². The minimum Gasteiger partial charge on any atom is -0.368 e. The molecular formula is C20H26N4O3S. The molecule has 2 amide bonds. The van der Waals surface area contributed by atoms with Crippen LogP contribution in [-0.2, 0) is 10.0 Å². The number of piperazine rings is 1. The Morgan fingerprint density at radius 3 is 2.32 bits per heavy atom. The molecule has 8 heteroatoms. The molecule has 0 saturated carbocycles. The fourth-order valence-electron chi connectivity index (χ4n) is 3.10. The molecule has 1 heterocycles. The number of aryl methyl sites for hydroxylation is 1. The summed E-state index contributed by atoms with van der Waals surface area (Å²) in [6.45, 7) is 6.26. The molecule has 3 rings (SSSR count). The predicted molar refractivity (Wildman–Crippen MR) is 114 cm³/mol. The lowest BCUT2D eigenvalue weighted by atomic mass is 10.2. The van der Waals surface area contributed by atoms with Crippen LogP contribution in [0.4, 0.5) is 21.9 Å². The third kappa shape index (κ3) is 4.95. The van der Waals surface area contributed by atoms with E-state index in [4.69, 9.17) is 0 Å². The molecule has 1 aliphatic rings. The second kappa shape index (κ2) is 8.52. The van der Waals surface area contributed by atoms with Crippen molar-refractivity contribution in [3.05, 3.63) is 54.1 Å². The fraction of sp³-hybridized carbons (Fsp3) is 0.350. The van der Waals surface area contributed by atoms with Gasteiger partial charge in [0.15, 0.2) is 0 Å². The summed E-state index contributed by atoms with van der Waals surface area (Å²) in [6, 6.07) is 15.2. The Kier molecular flexibility index (Phi) is 6.08. The topological polar surface area (TPSA) is 81.8 Å². The van der Waals surface area contributed by atoms with Gasteiger partial charge in [0.25, 0.3) is 0 Å². The maximum atomic E-state index is 12.6. The number of anilines is 3. The first-order valence-corrected chi connectivity index (χ1v) is 11.0. The van der Waals surface area contributed by atoms with Gasteiger partial charge in [0.2, 0.25) is 10.0 Å². The van der Waals surface area contributed by atoms with Crippen LogP contribution in [0.2, 0.25) is 0 Å². The van der Waals surface area contributed by atoms with E-state index in [1.165, 1.54) is 5.69 Å². The zero-order valence-electron chi connectivity index (χ0n) is 16.2. The summed E-state index contributed by atoms with van der Waals surface area (Å²) < 4.78 is 26.0. The lowest BCUT2D eigenvalue weighted by molar-refractivity contribution is 0.208. The molecule has 1 saturated heterocycles. The van der Waals surface area contributed by atoms with Crippen LogP contribution < -0.4 is 14.9 Å². The summed E-state index contributed by atoms with van der Waals surface area (Å²) in [7, 11) is -3.33. The average Bonchev–Trinajstić information content (AvgIpc) is 2.71. The normalized spacial score (nSPS) is 14.6. The number of nitrogens with one attached hydrogen (secondary N) is 2. The highest BCUT2D eigenvalue weighted by molar-refractivity contribution is 7.92. The molecule has 2 aromatic carbocycles. The Morgan fingerprint density at radius 1 is 1.04 bits per heavy atom. The van der Waals surface area contributed by atoms with Crippen LogP contribution in [0.1, 0.15) is 12.5 Å². The van der Waals surface area contributed by atoms with Crippen molar-refractivity contribution in [1.29, 1.82) is 0 Å². The number of hydrogen-bond donors (Lipinski definition) is 2. The lowest BCUT2D eigenvalue weighted by Crippen LogP contribution is -2.50. The van der Waals surface area contributed by atoms with Gasteiger partial charge >= 0.3 is 6.03 Å². The summed E-state index contributed by atoms with van der Waals surface area (Å²) in [6.07, 6.45) is 0. The number of amides is 2. The summed E-state index contributed by atoms with van der Waals surface area (Å²) in [4.78, 5) is 16.6. The maximum absolute atomic E-state index is 12.6. The van der Waals surface area contributed by atoms with E-state index in [0.717, 1.165) is 18.7 Å². The number of carbonyl (C=O) groups is 1. The Labute approximate surface area is 166 Å². The van der Waals surface area contributed by atoms with Crippen molar-refractivity contribution in [2.24, 2.45) is 0 Å². The summed E-state index contributed by atoms with van der Waals surface area (Å²) >= 11 is 0. The van der Waals surface area contributed by atoms with Gasteiger partial charge in [-0.3, -0.25) is 4.72 Å². The van der Waals surface area contributed by atoms with Crippen molar-refractivity contribution in [1.82, 2.24) is 4.90 Å². The third-order valence-corrected chi connectivity index (χ3v) is 6.10. The molecule has 1 fully saturated rings. The fourth-order valence-corrected chi connectivity index (χ4v) is 3.81. The van der Waals surface area contributed by atoms with E-state index < -0.39 is 10.0 Å². The standard InChI is InChI=1S/C20H26N4O3S/c1-3-28(26,27)22-19-10-9-17(15-16(19)2)21-20(25)24-13-11-23(12-14-24)18-7-5-4-6-8-18/h4-10,15,22H,3,11-14H2,1-2H3,(H,21,25). The number of sulfonamides is 1. The molecule has 0 spiro atoms. The summed E-state index contributed by atoms with van der Waals surface area (Å²) in [5.74, 6) is 0.0138. The van der Waals surface area contributed by atoms with E-state index in [0.29, 0.717) is 24.5 Å². The van der Waals surface area contributed by atoms with Gasteiger partial charge in [0.05, 0.1) is 11.4 Å². The van der Waals surface area contributed by atoms with Gasteiger partial charge in [-0.2, -0.15) is 0 Å². The van der Waals surface area contributed by atoms with Crippen LogP contribution in [0.3, 0.4) is 0 Å². The Bertz CT molecular complexity index is 924. The summed E-state index contributed by atoms with van der Waals surface area (Å²) in [5, 5.41) is 2.90. The molecule has 7 nitrogen and oxygen atoms in total. The second-order valence-electron chi connectivity index (χ2n) is 6.77. The highest BCUT2D eigenvalue weighted by Crippen LogP contribution is 2.22. The van der Waals surface area contributed by atoms with E-state index in [-0.39, 0.29) is 11.8 Å². The second-order valence-corrected chi connectivity index (χ2v) is 8.79. The number of carbonyl (C=O) groups excluding carboxylic acids is 1. The number of hydrogen-bond acceptors (Lipinski definition) is 4. The van der Waals surface area contributed by atoms with Crippen LogP contribution in [0.25, 0.3) is 0 Å². The molecule has 0 unspecified atom stereocenters. The van der Waals surface area contributed by atoms with Crippen LogP contribution in [-0.4, -0.2) is 51.3 Å². The van der Waals surface area contributed by atoms with Gasteiger partial charge in [-0.25, -0.2) is 13.2 Å². The Morgan fingerprint density at radius 2 is 1.71 bits per heavy atom. The van der Waals surface area contributed by atoms with Crippen molar-refractivity contribution in [3.63, 3.8) is 0 Å². The molecule has 2 aromatic rings. The minimum atomic E-state index is -3.33. The van der Waals surface area contributed by atoms with Crippen LogP contribution in [0.15, 0.2) is 48.5 Å². The molecule has 0 aliphatic carbocycles. The SMILES string of the molecule is CCS(=O)(=O)Nc1ccc(NC(=O)N2CCN(c3ccccc3)CC2)cc1C. The predicted octanol–water partition coefficient (Wildman–Crippen LogP) is 3.11. The van der Waals surface area contributed by atoms with E-state index in [1.807, 2.05) is 25.1 Å². The Balaban J connectivity index is 1.57. The molecule has 0 radical (unpaired) electrons. The zero-order chi connectivity index (χ0) is 20.1. The first-order chi connectivity index (χ1) is 13.4. The van der Waals surface area contributed by atoms with Crippen molar-refractivity contribution in [2.45, 2.75) is 13.8 Å². The molecule has 1 aliphatic heterocycles. The van der Waals surface area contributed by atoms with Crippen molar-refractivity contribution in [2.75, 3.05) is 46.9 Å². The smallest absolute Gasteiger partial charge is 0.321 e. The lowest BCUT2D eigenvalue weighted by Gasteiger charge is -2.36. The highest BCUT2D eigenvalue weighted by Gasteiger charge is 2.21. The molecule has 2 N–H and O–H groups in total. The zero-order valence-corrected chi connectivity index (χ0v) is 17.0. The monoisotopic (exact) mass is 402 g/mol.